The monoisotopic (exact) mass is 313 g/mol. The van der Waals surface area contributed by atoms with Gasteiger partial charge in [0.15, 0.2) is 0 Å². The molecule has 0 fully saturated rings. The number of fused-ring (bicyclic) bond motifs is 1. The lowest BCUT2D eigenvalue weighted by atomic mass is 10.1. The molecule has 1 amide bonds. The third kappa shape index (κ3) is 3.05. The molecule has 0 bridgehead atoms. The Hall–Kier alpha value is -2.11. The van der Waals surface area contributed by atoms with Crippen molar-refractivity contribution in [1.82, 2.24) is 14.8 Å². The van der Waals surface area contributed by atoms with Crippen LogP contribution in [0.15, 0.2) is 53.5 Å². The van der Waals surface area contributed by atoms with Gasteiger partial charge in [0.05, 0.1) is 6.04 Å². The molecule has 2 heterocycles. The minimum atomic E-state index is -0.0988. The third-order valence-corrected chi connectivity index (χ3v) is 4.49. The van der Waals surface area contributed by atoms with Crippen molar-refractivity contribution in [3.63, 3.8) is 0 Å². The highest BCUT2D eigenvalue weighted by Crippen LogP contribution is 2.20. The molecular weight excluding hydrogens is 294 g/mol. The Kier molecular flexibility index (Phi) is 4.27. The maximum atomic E-state index is 12.3. The van der Waals surface area contributed by atoms with Gasteiger partial charge in [0, 0.05) is 18.9 Å². The second kappa shape index (κ2) is 6.34. The van der Waals surface area contributed by atoms with E-state index in [0.29, 0.717) is 6.54 Å². The first-order chi connectivity index (χ1) is 10.6. The summed E-state index contributed by atoms with van der Waals surface area (Å²) < 4.78 is 1.62. The first-order valence-electron chi connectivity index (χ1n) is 7.18. The molecule has 0 saturated heterocycles. The van der Waals surface area contributed by atoms with Gasteiger partial charge in [-0.05, 0) is 47.3 Å². The zero-order chi connectivity index (χ0) is 15.5. The molecule has 1 atom stereocenters. The fourth-order valence-corrected chi connectivity index (χ4v) is 3.25. The highest BCUT2D eigenvalue weighted by Gasteiger charge is 2.16. The van der Waals surface area contributed by atoms with E-state index in [1.165, 1.54) is 5.56 Å². The highest BCUT2D eigenvalue weighted by atomic mass is 32.1. The Balaban J connectivity index is 1.71. The van der Waals surface area contributed by atoms with E-state index in [2.05, 4.69) is 27.0 Å². The molecule has 1 unspecified atom stereocenters. The molecule has 0 radical (unpaired) electrons. The molecule has 5 heteroatoms. The maximum Gasteiger partial charge on any atom is 0.325 e. The minimum absolute atomic E-state index is 0.0988. The molecule has 4 nitrogen and oxygen atoms in total. The van der Waals surface area contributed by atoms with Gasteiger partial charge < -0.3 is 10.2 Å². The van der Waals surface area contributed by atoms with Crippen LogP contribution in [-0.4, -0.2) is 36.1 Å². The quantitative estimate of drug-likeness (QED) is 0.799. The number of rotatable bonds is 4. The topological polar surface area (TPSA) is 37.3 Å². The van der Waals surface area contributed by atoms with Crippen LogP contribution < -0.4 is 5.32 Å². The van der Waals surface area contributed by atoms with E-state index in [4.69, 9.17) is 0 Å². The van der Waals surface area contributed by atoms with Crippen LogP contribution in [0.3, 0.4) is 0 Å². The molecule has 1 aromatic carbocycles. The van der Waals surface area contributed by atoms with Crippen molar-refractivity contribution in [2.24, 2.45) is 0 Å². The number of carbonyl (C=O) groups excluding carboxylic acids is 1. The summed E-state index contributed by atoms with van der Waals surface area (Å²) >= 11 is 1.67. The number of benzene rings is 1. The van der Waals surface area contributed by atoms with Gasteiger partial charge in [-0.25, -0.2) is 4.79 Å². The number of amides is 1. The summed E-state index contributed by atoms with van der Waals surface area (Å²) in [7, 11) is 4.05. The van der Waals surface area contributed by atoms with Gasteiger partial charge in [-0.2, -0.15) is 11.3 Å². The van der Waals surface area contributed by atoms with Crippen LogP contribution in [0.5, 0.6) is 0 Å². The van der Waals surface area contributed by atoms with Crippen LogP contribution in [0.4, 0.5) is 4.79 Å². The molecule has 0 aliphatic rings. The normalized spacial score (nSPS) is 12.7. The number of nitrogens with one attached hydrogen (secondary N) is 1. The summed E-state index contributed by atoms with van der Waals surface area (Å²) in [5.41, 5.74) is 1.23. The van der Waals surface area contributed by atoms with Crippen molar-refractivity contribution in [3.8, 4) is 0 Å². The molecule has 3 aromatic rings. The van der Waals surface area contributed by atoms with Crippen LogP contribution in [-0.2, 0) is 0 Å². The lowest BCUT2D eigenvalue weighted by Crippen LogP contribution is -2.36. The van der Waals surface area contributed by atoms with Gasteiger partial charge in [0.2, 0.25) is 0 Å². The number of thiophene rings is 1. The van der Waals surface area contributed by atoms with Gasteiger partial charge in [-0.3, -0.25) is 4.57 Å². The number of likely N-dealkylation sites (N-methyl/N-ethyl adjacent to an activating group) is 1. The Bertz CT molecular complexity index is 728. The van der Waals surface area contributed by atoms with Crippen molar-refractivity contribution in [2.45, 2.75) is 6.04 Å². The second-order valence-electron chi connectivity index (χ2n) is 5.52. The van der Waals surface area contributed by atoms with E-state index in [-0.39, 0.29) is 12.1 Å². The molecule has 1 N–H and O–H groups in total. The highest BCUT2D eigenvalue weighted by molar-refractivity contribution is 7.07. The Morgan fingerprint density at radius 3 is 2.45 bits per heavy atom. The molecule has 0 aliphatic heterocycles. The zero-order valence-corrected chi connectivity index (χ0v) is 13.5. The summed E-state index contributed by atoms with van der Waals surface area (Å²) in [6, 6.07) is 10.1. The van der Waals surface area contributed by atoms with E-state index in [1.807, 2.05) is 50.8 Å². The van der Waals surface area contributed by atoms with Gasteiger partial charge in [-0.1, -0.05) is 24.3 Å². The van der Waals surface area contributed by atoms with Crippen LogP contribution in [0.25, 0.3) is 10.8 Å². The van der Waals surface area contributed by atoms with Crippen LogP contribution in [0, 0.1) is 0 Å². The molecule has 3 rings (SSSR count). The van der Waals surface area contributed by atoms with E-state index < -0.39 is 0 Å². The van der Waals surface area contributed by atoms with Crippen molar-refractivity contribution < 1.29 is 4.79 Å². The van der Waals surface area contributed by atoms with Crippen molar-refractivity contribution in [2.75, 3.05) is 20.6 Å². The second-order valence-corrected chi connectivity index (χ2v) is 6.30. The van der Waals surface area contributed by atoms with Gasteiger partial charge in [0.1, 0.15) is 0 Å². The lowest BCUT2D eigenvalue weighted by Gasteiger charge is -2.24. The van der Waals surface area contributed by atoms with Crippen molar-refractivity contribution in [1.29, 1.82) is 0 Å². The van der Waals surface area contributed by atoms with Gasteiger partial charge in [-0.15, -0.1) is 0 Å². The predicted octanol–water partition coefficient (Wildman–Crippen LogP) is 3.56. The van der Waals surface area contributed by atoms with E-state index in [9.17, 15) is 4.79 Å². The largest absolute Gasteiger partial charge is 0.335 e. The maximum absolute atomic E-state index is 12.3. The average molecular weight is 313 g/mol. The predicted molar refractivity (Wildman–Crippen MR) is 91.5 cm³/mol. The lowest BCUT2D eigenvalue weighted by molar-refractivity contribution is 0.234. The van der Waals surface area contributed by atoms with Crippen molar-refractivity contribution in [3.05, 3.63) is 59.0 Å². The molecule has 22 heavy (non-hydrogen) atoms. The molecule has 0 aliphatic carbocycles. The van der Waals surface area contributed by atoms with Crippen molar-refractivity contribution >= 4 is 28.1 Å². The third-order valence-electron chi connectivity index (χ3n) is 3.78. The first-order valence-corrected chi connectivity index (χ1v) is 8.13. The number of aromatic nitrogens is 1. The summed E-state index contributed by atoms with van der Waals surface area (Å²) in [4.78, 5) is 14.5. The molecule has 114 valence electrons. The first kappa shape index (κ1) is 14.8. The summed E-state index contributed by atoms with van der Waals surface area (Å²) in [6.07, 6.45) is 3.72. The molecule has 0 spiro atoms. The summed E-state index contributed by atoms with van der Waals surface area (Å²) in [5.74, 6) is 0. The Morgan fingerprint density at radius 1 is 1.23 bits per heavy atom. The fraction of sp³-hybridized carbons (Fsp3) is 0.235. The summed E-state index contributed by atoms with van der Waals surface area (Å²) in [6.45, 7) is 0.580. The van der Waals surface area contributed by atoms with E-state index in [0.717, 1.165) is 10.8 Å². The van der Waals surface area contributed by atoms with Crippen LogP contribution >= 0.6 is 11.3 Å². The number of nitrogens with zero attached hydrogens (tertiary/aromatic N) is 2. The molecule has 0 saturated carbocycles. The Labute approximate surface area is 134 Å². The zero-order valence-electron chi connectivity index (χ0n) is 12.7. The average Bonchev–Trinajstić information content (AvgIpc) is 3.16. The van der Waals surface area contributed by atoms with E-state index in [1.54, 1.807) is 15.9 Å². The molecule has 2 aromatic heterocycles. The Morgan fingerprint density at radius 2 is 1.91 bits per heavy atom. The number of hydrogen-bond donors (Lipinski definition) is 1. The fourth-order valence-electron chi connectivity index (χ4n) is 2.54. The standard InChI is InChI=1S/C17H19N3OS/c1-19(2)16(15-7-8-22-12-15)9-18-17(21)20-10-13-5-3-4-6-14(13)11-20/h3-8,10-12,16H,9H2,1-2H3,(H,18,21). The SMILES string of the molecule is CN(C)C(CNC(=O)n1cc2ccccc2c1)c1ccsc1. The van der Waals surface area contributed by atoms with E-state index >= 15 is 0 Å². The van der Waals surface area contributed by atoms with Crippen LogP contribution in [0.1, 0.15) is 11.6 Å². The van der Waals surface area contributed by atoms with Crippen LogP contribution in [0.2, 0.25) is 0 Å². The number of hydrogen-bond acceptors (Lipinski definition) is 3. The molecular formula is C17H19N3OS. The minimum Gasteiger partial charge on any atom is -0.335 e. The van der Waals surface area contributed by atoms with Gasteiger partial charge in [0.25, 0.3) is 0 Å². The van der Waals surface area contributed by atoms with Gasteiger partial charge >= 0.3 is 6.03 Å². The smallest absolute Gasteiger partial charge is 0.325 e. The summed E-state index contributed by atoms with van der Waals surface area (Å²) in [5, 5.41) is 9.34. The number of carbonyl (C=O) groups is 1.